The zero-order chi connectivity index (χ0) is 16.0. The minimum atomic E-state index is -4.54. The maximum absolute atomic E-state index is 12.4. The quantitative estimate of drug-likeness (QED) is 0.810. The molecule has 1 saturated heterocycles. The zero-order valence-electron chi connectivity index (χ0n) is 12.5. The van der Waals surface area contributed by atoms with E-state index in [4.69, 9.17) is 4.74 Å². The molecule has 1 aromatic rings. The summed E-state index contributed by atoms with van der Waals surface area (Å²) in [6, 6.07) is 5.15. The summed E-state index contributed by atoms with van der Waals surface area (Å²) in [6.45, 7) is 1.07. The molecule has 2 aliphatic rings. The van der Waals surface area contributed by atoms with Gasteiger partial charge in [0.2, 0.25) is 4.87 Å². The average molecular weight is 327 g/mol. The van der Waals surface area contributed by atoms with Crippen LogP contribution in [0.2, 0.25) is 0 Å². The third-order valence-corrected chi connectivity index (χ3v) is 6.36. The highest BCUT2D eigenvalue weighted by molar-refractivity contribution is 7.86. The van der Waals surface area contributed by atoms with Crippen LogP contribution in [0.3, 0.4) is 0 Å². The van der Waals surface area contributed by atoms with Gasteiger partial charge in [-0.1, -0.05) is 12.1 Å². The largest absolute Gasteiger partial charge is 0.496 e. The summed E-state index contributed by atoms with van der Waals surface area (Å²) in [5.74, 6) is 0.594. The highest BCUT2D eigenvalue weighted by atomic mass is 32.2. The van der Waals surface area contributed by atoms with Crippen molar-refractivity contribution in [1.29, 1.82) is 0 Å². The fraction of sp³-hybridized carbons (Fsp3) is 0.600. The molecular weight excluding hydrogens is 306 g/mol. The Morgan fingerprint density at radius 3 is 2.59 bits per heavy atom. The Labute approximate surface area is 130 Å². The second-order valence-electron chi connectivity index (χ2n) is 5.91. The summed E-state index contributed by atoms with van der Waals surface area (Å²) in [5, 5.41) is 10.6. The number of fused-ring (bicyclic) bond motifs is 1. The van der Waals surface area contributed by atoms with Crippen molar-refractivity contribution in [1.82, 2.24) is 4.90 Å². The van der Waals surface area contributed by atoms with Crippen molar-refractivity contribution in [2.75, 3.05) is 20.2 Å². The lowest BCUT2D eigenvalue weighted by Gasteiger charge is -2.46. The third kappa shape index (κ3) is 2.07. The molecule has 2 unspecified atom stereocenters. The fourth-order valence-corrected chi connectivity index (χ4v) is 5.35. The van der Waals surface area contributed by atoms with Crippen LogP contribution in [0.5, 0.6) is 5.75 Å². The molecule has 0 saturated carbocycles. The Kier molecular flexibility index (Phi) is 3.92. The topological polar surface area (TPSA) is 87.1 Å². The monoisotopic (exact) mass is 327 g/mol. The molecule has 22 heavy (non-hydrogen) atoms. The van der Waals surface area contributed by atoms with E-state index in [1.165, 1.54) is 7.11 Å². The first-order valence-electron chi connectivity index (χ1n) is 7.49. The van der Waals surface area contributed by atoms with Crippen LogP contribution in [0.15, 0.2) is 18.2 Å². The van der Waals surface area contributed by atoms with Gasteiger partial charge in [0, 0.05) is 18.7 Å². The third-order valence-electron chi connectivity index (χ3n) is 4.83. The number of nitrogens with zero attached hydrogens (tertiary/aromatic N) is 1. The van der Waals surface area contributed by atoms with E-state index in [1.54, 1.807) is 23.1 Å². The van der Waals surface area contributed by atoms with Crippen molar-refractivity contribution in [2.45, 2.75) is 36.7 Å². The first kappa shape index (κ1) is 15.7. The number of benzene rings is 1. The molecule has 1 aliphatic carbocycles. The number of likely N-dealkylation sites (tertiary alicyclic amines) is 1. The highest BCUT2D eigenvalue weighted by Gasteiger charge is 2.58. The first-order chi connectivity index (χ1) is 10.4. The van der Waals surface area contributed by atoms with Crippen molar-refractivity contribution in [3.8, 4) is 5.75 Å². The van der Waals surface area contributed by atoms with E-state index in [1.807, 2.05) is 0 Å². The number of aliphatic hydroxyl groups is 1. The molecule has 0 aromatic heterocycles. The average Bonchev–Trinajstić information content (AvgIpc) is 2.99. The van der Waals surface area contributed by atoms with Crippen LogP contribution in [0.25, 0.3) is 0 Å². The molecule has 2 N–H and O–H groups in total. The summed E-state index contributed by atoms with van der Waals surface area (Å²) >= 11 is 0. The summed E-state index contributed by atoms with van der Waals surface area (Å²) in [7, 11) is -3.00. The number of hydrogen-bond acceptors (Lipinski definition) is 5. The van der Waals surface area contributed by atoms with E-state index in [0.717, 1.165) is 18.4 Å². The Hall–Kier alpha value is -1.15. The lowest BCUT2D eigenvalue weighted by molar-refractivity contribution is 0.0122. The summed E-state index contributed by atoms with van der Waals surface area (Å²) in [6.07, 6.45) is 1.32. The Balaban J connectivity index is 2.30. The van der Waals surface area contributed by atoms with E-state index in [9.17, 15) is 18.1 Å². The van der Waals surface area contributed by atoms with Gasteiger partial charge in [-0.05, 0) is 37.3 Å². The van der Waals surface area contributed by atoms with Crippen molar-refractivity contribution in [3.63, 3.8) is 0 Å². The van der Waals surface area contributed by atoms with Crippen LogP contribution in [0.1, 0.15) is 30.4 Å². The molecule has 122 valence electrons. The van der Waals surface area contributed by atoms with Gasteiger partial charge in [0.25, 0.3) is 10.1 Å². The highest BCUT2D eigenvalue weighted by Crippen LogP contribution is 2.47. The predicted octanol–water partition coefficient (Wildman–Crippen LogP) is 1.14. The van der Waals surface area contributed by atoms with E-state index < -0.39 is 21.1 Å². The molecule has 7 heteroatoms. The van der Waals surface area contributed by atoms with Crippen molar-refractivity contribution in [3.05, 3.63) is 29.3 Å². The second kappa shape index (κ2) is 5.49. The minimum absolute atomic E-state index is 0.268. The molecule has 1 aromatic carbocycles. The van der Waals surface area contributed by atoms with E-state index >= 15 is 0 Å². The summed E-state index contributed by atoms with van der Waals surface area (Å²) in [4.78, 5) is -0.0872. The normalized spacial score (nSPS) is 29.3. The van der Waals surface area contributed by atoms with Crippen LogP contribution in [-0.4, -0.2) is 49.3 Å². The fourth-order valence-electron chi connectivity index (χ4n) is 3.91. The van der Waals surface area contributed by atoms with E-state index in [-0.39, 0.29) is 6.42 Å². The molecule has 1 heterocycles. The van der Waals surface area contributed by atoms with Crippen LogP contribution in [-0.2, 0) is 21.4 Å². The smallest absolute Gasteiger partial charge is 0.291 e. The molecule has 3 rings (SSSR count). The Bertz CT molecular complexity index is 669. The van der Waals surface area contributed by atoms with Gasteiger partial charge in [-0.15, -0.1) is 0 Å². The molecule has 2 atom stereocenters. The summed E-state index contributed by atoms with van der Waals surface area (Å²) in [5.41, 5.74) is 1.19. The van der Waals surface area contributed by atoms with Crippen molar-refractivity contribution < 1.29 is 22.8 Å². The van der Waals surface area contributed by atoms with E-state index in [2.05, 4.69) is 0 Å². The maximum Gasteiger partial charge on any atom is 0.291 e. The number of ether oxygens (including phenoxy) is 1. The van der Waals surface area contributed by atoms with Gasteiger partial charge in [0.15, 0.2) is 0 Å². The van der Waals surface area contributed by atoms with Crippen molar-refractivity contribution in [2.24, 2.45) is 0 Å². The molecular formula is C15H21NO5S. The van der Waals surface area contributed by atoms with Gasteiger partial charge in [-0.2, -0.15) is 8.42 Å². The molecule has 1 aliphatic heterocycles. The molecule has 1 fully saturated rings. The first-order valence-corrected chi connectivity index (χ1v) is 8.93. The predicted molar refractivity (Wildman–Crippen MR) is 81.4 cm³/mol. The molecule has 0 amide bonds. The van der Waals surface area contributed by atoms with Gasteiger partial charge >= 0.3 is 0 Å². The standard InChI is InChI=1S/C15H21NO5S/c1-21-13-6-4-5-12-11(13)7-8-14(17)15(12,22(18,19)20)16-9-2-3-10-16/h4-6,14,17H,2-3,7-10H2,1H3,(H,18,19,20). The van der Waals surface area contributed by atoms with Crippen LogP contribution in [0.4, 0.5) is 0 Å². The van der Waals surface area contributed by atoms with Crippen LogP contribution in [0, 0.1) is 0 Å². The lowest BCUT2D eigenvalue weighted by Crippen LogP contribution is -2.60. The van der Waals surface area contributed by atoms with Gasteiger partial charge in [-0.25, -0.2) is 0 Å². The zero-order valence-corrected chi connectivity index (χ0v) is 13.3. The molecule has 0 bridgehead atoms. The Morgan fingerprint density at radius 2 is 2.00 bits per heavy atom. The lowest BCUT2D eigenvalue weighted by atomic mass is 9.83. The Morgan fingerprint density at radius 1 is 1.32 bits per heavy atom. The number of methoxy groups -OCH3 is 1. The number of hydrogen-bond donors (Lipinski definition) is 2. The summed E-state index contributed by atoms with van der Waals surface area (Å²) < 4.78 is 40.2. The second-order valence-corrected chi connectivity index (χ2v) is 7.48. The SMILES string of the molecule is COc1cccc2c1CCC(O)C2(N1CCCC1)S(=O)(=O)O. The molecule has 6 nitrogen and oxygen atoms in total. The molecule has 0 radical (unpaired) electrons. The van der Waals surface area contributed by atoms with Gasteiger partial charge in [-0.3, -0.25) is 9.45 Å². The van der Waals surface area contributed by atoms with Crippen LogP contribution >= 0.6 is 0 Å². The van der Waals surface area contributed by atoms with Crippen LogP contribution < -0.4 is 4.74 Å². The van der Waals surface area contributed by atoms with Gasteiger partial charge < -0.3 is 9.84 Å². The van der Waals surface area contributed by atoms with Gasteiger partial charge in [0.05, 0.1) is 13.2 Å². The maximum atomic E-state index is 12.4. The van der Waals surface area contributed by atoms with Gasteiger partial charge in [0.1, 0.15) is 5.75 Å². The molecule has 0 spiro atoms. The van der Waals surface area contributed by atoms with E-state index in [0.29, 0.717) is 30.8 Å². The number of rotatable bonds is 3. The van der Waals surface area contributed by atoms with Crippen molar-refractivity contribution >= 4 is 10.1 Å². The number of aliphatic hydroxyl groups excluding tert-OH is 1. The minimum Gasteiger partial charge on any atom is -0.496 e.